The van der Waals surface area contributed by atoms with E-state index in [4.69, 9.17) is 0 Å². The van der Waals surface area contributed by atoms with E-state index < -0.39 is 5.60 Å². The van der Waals surface area contributed by atoms with Gasteiger partial charge in [-0.2, -0.15) is 0 Å². The second-order valence-electron chi connectivity index (χ2n) is 4.45. The van der Waals surface area contributed by atoms with Crippen molar-refractivity contribution in [2.45, 2.75) is 32.3 Å². The summed E-state index contributed by atoms with van der Waals surface area (Å²) in [5.41, 5.74) is 3.11. The number of aliphatic hydroxyl groups is 1. The van der Waals surface area contributed by atoms with E-state index >= 15 is 0 Å². The molecule has 0 radical (unpaired) electrons. The first-order chi connectivity index (χ1) is 6.59. The van der Waals surface area contributed by atoms with Crippen molar-refractivity contribution in [1.82, 2.24) is 0 Å². The standard InChI is InChI=1S/C13H16O/c1-10(2)7-13(14)8-11-5-3-4-6-12(11)9-13/h3-7,14H,8-9H2,1-2H3. The van der Waals surface area contributed by atoms with E-state index in [0.717, 1.165) is 12.8 Å². The summed E-state index contributed by atoms with van der Waals surface area (Å²) in [6, 6.07) is 8.28. The summed E-state index contributed by atoms with van der Waals surface area (Å²) in [4.78, 5) is 0. The molecular weight excluding hydrogens is 172 g/mol. The van der Waals surface area contributed by atoms with Crippen molar-refractivity contribution in [3.63, 3.8) is 0 Å². The van der Waals surface area contributed by atoms with Crippen LogP contribution in [0, 0.1) is 0 Å². The maximum Gasteiger partial charge on any atom is 0.0910 e. The Labute approximate surface area is 85.1 Å². The van der Waals surface area contributed by atoms with Crippen molar-refractivity contribution in [3.05, 3.63) is 47.0 Å². The predicted octanol–water partition coefficient (Wildman–Crippen LogP) is 2.48. The fourth-order valence-corrected chi connectivity index (χ4v) is 2.26. The Kier molecular flexibility index (Phi) is 2.20. The van der Waals surface area contributed by atoms with Gasteiger partial charge in [0, 0.05) is 12.8 Å². The molecule has 1 heteroatoms. The first kappa shape index (κ1) is 9.47. The van der Waals surface area contributed by atoms with Crippen LogP contribution in [0.1, 0.15) is 25.0 Å². The molecule has 0 atom stereocenters. The van der Waals surface area contributed by atoms with Crippen molar-refractivity contribution in [2.75, 3.05) is 0 Å². The molecule has 1 aliphatic carbocycles. The van der Waals surface area contributed by atoms with Crippen LogP contribution in [0.5, 0.6) is 0 Å². The van der Waals surface area contributed by atoms with Gasteiger partial charge in [-0.1, -0.05) is 35.9 Å². The van der Waals surface area contributed by atoms with Crippen LogP contribution < -0.4 is 0 Å². The van der Waals surface area contributed by atoms with E-state index in [0.29, 0.717) is 0 Å². The summed E-state index contributed by atoms with van der Waals surface area (Å²) in [5, 5.41) is 10.3. The van der Waals surface area contributed by atoms with Gasteiger partial charge in [0.15, 0.2) is 0 Å². The molecule has 0 unspecified atom stereocenters. The normalized spacial score (nSPS) is 17.6. The zero-order valence-electron chi connectivity index (χ0n) is 8.75. The molecule has 1 nitrogen and oxygen atoms in total. The highest BCUT2D eigenvalue weighted by atomic mass is 16.3. The Bertz CT molecular complexity index is 348. The van der Waals surface area contributed by atoms with E-state index in [1.807, 2.05) is 32.1 Å². The SMILES string of the molecule is CC(C)=CC1(O)Cc2ccccc2C1. The van der Waals surface area contributed by atoms with Gasteiger partial charge in [0.25, 0.3) is 0 Å². The van der Waals surface area contributed by atoms with Gasteiger partial charge in [0.2, 0.25) is 0 Å². The van der Waals surface area contributed by atoms with Gasteiger partial charge in [-0.05, 0) is 25.0 Å². The molecule has 0 aliphatic heterocycles. The summed E-state index contributed by atoms with van der Waals surface area (Å²) in [7, 11) is 0. The van der Waals surface area contributed by atoms with Crippen LogP contribution in [0.2, 0.25) is 0 Å². The van der Waals surface area contributed by atoms with E-state index in [-0.39, 0.29) is 0 Å². The molecule has 0 aromatic heterocycles. The lowest BCUT2D eigenvalue weighted by molar-refractivity contribution is 0.102. The van der Waals surface area contributed by atoms with Gasteiger partial charge in [-0.3, -0.25) is 0 Å². The van der Waals surface area contributed by atoms with Gasteiger partial charge in [-0.25, -0.2) is 0 Å². The molecule has 0 bridgehead atoms. The summed E-state index contributed by atoms with van der Waals surface area (Å²) in [5.74, 6) is 0. The number of hydrogen-bond acceptors (Lipinski definition) is 1. The molecule has 1 aliphatic rings. The van der Waals surface area contributed by atoms with Gasteiger partial charge in [0.05, 0.1) is 5.60 Å². The number of hydrogen-bond donors (Lipinski definition) is 1. The summed E-state index contributed by atoms with van der Waals surface area (Å²) >= 11 is 0. The third kappa shape index (κ3) is 1.73. The number of rotatable bonds is 1. The third-order valence-corrected chi connectivity index (χ3v) is 2.67. The Morgan fingerprint density at radius 2 is 1.71 bits per heavy atom. The molecule has 0 saturated carbocycles. The molecule has 1 N–H and O–H groups in total. The van der Waals surface area contributed by atoms with Crippen molar-refractivity contribution in [3.8, 4) is 0 Å². The van der Waals surface area contributed by atoms with Gasteiger partial charge < -0.3 is 5.11 Å². The molecule has 0 heterocycles. The quantitative estimate of drug-likeness (QED) is 0.671. The Morgan fingerprint density at radius 1 is 1.21 bits per heavy atom. The predicted molar refractivity (Wildman–Crippen MR) is 58.2 cm³/mol. The van der Waals surface area contributed by atoms with Crippen molar-refractivity contribution in [1.29, 1.82) is 0 Å². The highest BCUT2D eigenvalue weighted by molar-refractivity contribution is 5.37. The fraction of sp³-hybridized carbons (Fsp3) is 0.385. The maximum atomic E-state index is 10.3. The lowest BCUT2D eigenvalue weighted by Crippen LogP contribution is -2.26. The largest absolute Gasteiger partial charge is 0.385 e. The monoisotopic (exact) mass is 188 g/mol. The van der Waals surface area contributed by atoms with Crippen LogP contribution in [0.25, 0.3) is 0 Å². The first-order valence-electron chi connectivity index (χ1n) is 5.04. The van der Waals surface area contributed by atoms with Crippen LogP contribution in [0.3, 0.4) is 0 Å². The van der Waals surface area contributed by atoms with Gasteiger partial charge in [-0.15, -0.1) is 0 Å². The average molecular weight is 188 g/mol. The van der Waals surface area contributed by atoms with Crippen LogP contribution >= 0.6 is 0 Å². The smallest absolute Gasteiger partial charge is 0.0910 e. The van der Waals surface area contributed by atoms with E-state index in [2.05, 4.69) is 12.1 Å². The molecule has 2 rings (SSSR count). The number of allylic oxidation sites excluding steroid dienone is 1. The van der Waals surface area contributed by atoms with Crippen molar-refractivity contribution in [2.24, 2.45) is 0 Å². The van der Waals surface area contributed by atoms with Crippen molar-refractivity contribution < 1.29 is 5.11 Å². The molecule has 74 valence electrons. The summed E-state index contributed by atoms with van der Waals surface area (Å²) < 4.78 is 0. The van der Waals surface area contributed by atoms with Crippen LogP contribution in [0.15, 0.2) is 35.9 Å². The molecule has 1 aromatic rings. The van der Waals surface area contributed by atoms with Crippen molar-refractivity contribution >= 4 is 0 Å². The molecule has 0 fully saturated rings. The first-order valence-corrected chi connectivity index (χ1v) is 5.04. The van der Waals surface area contributed by atoms with Crippen LogP contribution in [-0.2, 0) is 12.8 Å². The highest BCUT2D eigenvalue weighted by Gasteiger charge is 2.32. The molecule has 0 spiro atoms. The van der Waals surface area contributed by atoms with Crippen LogP contribution in [0.4, 0.5) is 0 Å². The lowest BCUT2D eigenvalue weighted by Gasteiger charge is -2.17. The second kappa shape index (κ2) is 3.25. The average Bonchev–Trinajstić information content (AvgIpc) is 2.38. The topological polar surface area (TPSA) is 20.2 Å². The Hall–Kier alpha value is -1.08. The lowest BCUT2D eigenvalue weighted by atomic mass is 9.98. The second-order valence-corrected chi connectivity index (χ2v) is 4.45. The Morgan fingerprint density at radius 3 is 2.14 bits per heavy atom. The minimum atomic E-state index is -0.636. The maximum absolute atomic E-state index is 10.3. The summed E-state index contributed by atoms with van der Waals surface area (Å²) in [6.07, 6.45) is 3.50. The number of benzene rings is 1. The third-order valence-electron chi connectivity index (χ3n) is 2.67. The molecular formula is C13H16O. The zero-order chi connectivity index (χ0) is 10.2. The van der Waals surface area contributed by atoms with E-state index in [9.17, 15) is 5.11 Å². The summed E-state index contributed by atoms with van der Waals surface area (Å²) in [6.45, 7) is 4.06. The van der Waals surface area contributed by atoms with Gasteiger partial charge in [0.1, 0.15) is 0 Å². The fourth-order valence-electron chi connectivity index (χ4n) is 2.26. The highest BCUT2D eigenvalue weighted by Crippen LogP contribution is 2.31. The minimum absolute atomic E-state index is 0.636. The molecule has 1 aromatic carbocycles. The molecule has 0 saturated heterocycles. The molecule has 14 heavy (non-hydrogen) atoms. The molecule has 0 amide bonds. The number of fused-ring (bicyclic) bond motifs is 1. The van der Waals surface area contributed by atoms with E-state index in [1.165, 1.54) is 16.7 Å². The van der Waals surface area contributed by atoms with E-state index in [1.54, 1.807) is 0 Å². The van der Waals surface area contributed by atoms with Gasteiger partial charge >= 0.3 is 0 Å². The zero-order valence-corrected chi connectivity index (χ0v) is 8.75. The Balaban J connectivity index is 2.30. The minimum Gasteiger partial charge on any atom is -0.385 e. The van der Waals surface area contributed by atoms with Crippen LogP contribution in [-0.4, -0.2) is 10.7 Å².